The van der Waals surface area contributed by atoms with Gasteiger partial charge in [0.1, 0.15) is 0 Å². The van der Waals surface area contributed by atoms with Gasteiger partial charge in [-0.1, -0.05) is 68.4 Å². The zero-order chi connectivity index (χ0) is 18.6. The van der Waals surface area contributed by atoms with E-state index in [-0.39, 0.29) is 5.41 Å². The van der Waals surface area contributed by atoms with E-state index < -0.39 is 0 Å². The van der Waals surface area contributed by atoms with Crippen LogP contribution < -0.4 is 0 Å². The van der Waals surface area contributed by atoms with Crippen LogP contribution in [0.3, 0.4) is 0 Å². The molecule has 1 aliphatic rings. The Bertz CT molecular complexity index is 1260. The second-order valence-corrected chi connectivity index (χ2v) is 7.60. The van der Waals surface area contributed by atoms with Gasteiger partial charge in [0.15, 0.2) is 0 Å². The minimum Gasteiger partial charge on any atom is -0.256 e. The summed E-state index contributed by atoms with van der Waals surface area (Å²) in [4.78, 5) is 4.57. The van der Waals surface area contributed by atoms with Gasteiger partial charge in [-0.3, -0.25) is 4.98 Å². The van der Waals surface area contributed by atoms with Crippen molar-refractivity contribution in [2.75, 3.05) is 0 Å². The van der Waals surface area contributed by atoms with Crippen molar-refractivity contribution in [3.05, 3.63) is 89.6 Å². The number of pyridine rings is 1. The van der Waals surface area contributed by atoms with Crippen molar-refractivity contribution in [3.8, 4) is 28.5 Å². The molecular weight excluding hydrogens is 328 g/mol. The summed E-state index contributed by atoms with van der Waals surface area (Å²) in [6.45, 7) is 4.59. The third kappa shape index (κ3) is 2.15. The van der Waals surface area contributed by atoms with Crippen LogP contribution in [0, 0.1) is 11.3 Å². The third-order valence-corrected chi connectivity index (χ3v) is 5.70. The molecule has 3 aromatic carbocycles. The van der Waals surface area contributed by atoms with Gasteiger partial charge in [-0.15, -0.1) is 0 Å². The molecule has 0 spiro atoms. The van der Waals surface area contributed by atoms with Crippen LogP contribution in [0.1, 0.15) is 30.5 Å². The van der Waals surface area contributed by atoms with Crippen LogP contribution in [0.4, 0.5) is 0 Å². The van der Waals surface area contributed by atoms with E-state index in [1.165, 1.54) is 33.0 Å². The highest BCUT2D eigenvalue weighted by molar-refractivity contribution is 5.99. The Labute approximate surface area is 158 Å². The fraction of sp³-hybridized carbons (Fsp3) is 0.120. The molecule has 0 fully saturated rings. The number of nitriles is 1. The summed E-state index contributed by atoms with van der Waals surface area (Å²) in [6.07, 6.45) is 1.72. The molecule has 0 saturated heterocycles. The molecule has 128 valence electrons. The van der Waals surface area contributed by atoms with Crippen molar-refractivity contribution in [3.63, 3.8) is 0 Å². The first-order valence-corrected chi connectivity index (χ1v) is 9.14. The highest BCUT2D eigenvalue weighted by Gasteiger charge is 2.38. The van der Waals surface area contributed by atoms with E-state index in [9.17, 15) is 5.26 Å². The monoisotopic (exact) mass is 346 g/mol. The SMILES string of the molecule is CC1(C)c2c(-c3cc(C#N)ccn3)cccc2-c2ccc3ccccc3c21. The van der Waals surface area contributed by atoms with E-state index in [0.717, 1.165) is 11.3 Å². The first kappa shape index (κ1) is 15.8. The van der Waals surface area contributed by atoms with Crippen molar-refractivity contribution in [1.29, 1.82) is 5.26 Å². The molecule has 0 aliphatic heterocycles. The molecule has 0 saturated carbocycles. The maximum Gasteiger partial charge on any atom is 0.0992 e. The molecule has 0 amide bonds. The van der Waals surface area contributed by atoms with E-state index in [1.807, 2.05) is 6.07 Å². The zero-order valence-corrected chi connectivity index (χ0v) is 15.3. The summed E-state index contributed by atoms with van der Waals surface area (Å²) in [6, 6.07) is 25.3. The Morgan fingerprint density at radius 3 is 2.44 bits per heavy atom. The minimum absolute atomic E-state index is 0.146. The Balaban J connectivity index is 1.85. The average molecular weight is 346 g/mol. The molecule has 0 atom stereocenters. The van der Waals surface area contributed by atoms with Crippen LogP contribution in [0.2, 0.25) is 0 Å². The number of benzene rings is 3. The number of aromatic nitrogens is 1. The summed E-state index contributed by atoms with van der Waals surface area (Å²) >= 11 is 0. The van der Waals surface area contributed by atoms with E-state index in [1.54, 1.807) is 12.3 Å². The highest BCUT2D eigenvalue weighted by atomic mass is 14.7. The van der Waals surface area contributed by atoms with Gasteiger partial charge in [-0.05, 0) is 45.2 Å². The number of hydrogen-bond donors (Lipinski definition) is 0. The van der Waals surface area contributed by atoms with E-state index in [2.05, 4.69) is 79.5 Å². The van der Waals surface area contributed by atoms with Gasteiger partial charge in [-0.25, -0.2) is 0 Å². The fourth-order valence-corrected chi connectivity index (χ4v) is 4.61. The maximum atomic E-state index is 9.29. The summed E-state index contributed by atoms with van der Waals surface area (Å²) < 4.78 is 0. The zero-order valence-electron chi connectivity index (χ0n) is 15.3. The summed E-state index contributed by atoms with van der Waals surface area (Å²) in [5.74, 6) is 0. The Kier molecular flexibility index (Phi) is 3.23. The highest BCUT2D eigenvalue weighted by Crippen LogP contribution is 2.53. The van der Waals surface area contributed by atoms with Gasteiger partial charge in [0.25, 0.3) is 0 Å². The normalized spacial score (nSPS) is 13.8. The van der Waals surface area contributed by atoms with E-state index in [0.29, 0.717) is 5.56 Å². The van der Waals surface area contributed by atoms with Crippen molar-refractivity contribution in [2.45, 2.75) is 19.3 Å². The van der Waals surface area contributed by atoms with Gasteiger partial charge in [0.2, 0.25) is 0 Å². The van der Waals surface area contributed by atoms with Gasteiger partial charge >= 0.3 is 0 Å². The lowest BCUT2D eigenvalue weighted by Crippen LogP contribution is -2.17. The number of fused-ring (bicyclic) bond motifs is 5. The Morgan fingerprint density at radius 1 is 0.815 bits per heavy atom. The third-order valence-electron chi connectivity index (χ3n) is 5.70. The van der Waals surface area contributed by atoms with Crippen LogP contribution in [0.25, 0.3) is 33.2 Å². The molecule has 2 nitrogen and oxygen atoms in total. The van der Waals surface area contributed by atoms with Crippen molar-refractivity contribution in [2.24, 2.45) is 0 Å². The van der Waals surface area contributed by atoms with Crippen molar-refractivity contribution >= 4 is 10.8 Å². The molecule has 1 aromatic heterocycles. The van der Waals surface area contributed by atoms with Crippen molar-refractivity contribution < 1.29 is 0 Å². The number of nitrogens with zero attached hydrogens (tertiary/aromatic N) is 2. The maximum absolute atomic E-state index is 9.29. The fourth-order valence-electron chi connectivity index (χ4n) is 4.61. The van der Waals surface area contributed by atoms with Crippen molar-refractivity contribution in [1.82, 2.24) is 4.98 Å². The Morgan fingerprint density at radius 2 is 1.59 bits per heavy atom. The number of rotatable bonds is 1. The first-order valence-electron chi connectivity index (χ1n) is 9.14. The molecule has 27 heavy (non-hydrogen) atoms. The largest absolute Gasteiger partial charge is 0.256 e. The Hall–Kier alpha value is -3.44. The predicted molar refractivity (Wildman–Crippen MR) is 109 cm³/mol. The van der Waals surface area contributed by atoms with Crippen LogP contribution in [-0.2, 0) is 5.41 Å². The summed E-state index contributed by atoms with van der Waals surface area (Å²) in [5, 5.41) is 11.9. The second-order valence-electron chi connectivity index (χ2n) is 7.60. The van der Waals surface area contributed by atoms with Gasteiger partial charge in [0, 0.05) is 17.2 Å². The molecule has 0 N–H and O–H groups in total. The molecule has 0 bridgehead atoms. The molecule has 1 aliphatic carbocycles. The van der Waals surface area contributed by atoms with E-state index in [4.69, 9.17) is 0 Å². The van der Waals surface area contributed by atoms with Crippen LogP contribution in [-0.4, -0.2) is 4.98 Å². The summed E-state index contributed by atoms with van der Waals surface area (Å²) in [7, 11) is 0. The lowest BCUT2D eigenvalue weighted by atomic mass is 9.78. The molecule has 1 heterocycles. The first-order chi connectivity index (χ1) is 13.1. The van der Waals surface area contributed by atoms with Crippen LogP contribution >= 0.6 is 0 Å². The molecule has 2 heteroatoms. The molecule has 0 unspecified atom stereocenters. The lowest BCUT2D eigenvalue weighted by Gasteiger charge is -2.25. The molecular formula is C25H18N2. The molecule has 5 rings (SSSR count). The average Bonchev–Trinajstić information content (AvgIpc) is 2.96. The quantitative estimate of drug-likeness (QED) is 0.419. The van der Waals surface area contributed by atoms with Gasteiger partial charge in [-0.2, -0.15) is 5.26 Å². The second kappa shape index (κ2) is 5.53. The standard InChI is InChI=1S/C25H18N2/c1-25(2)23-18-7-4-3-6-17(18)10-11-20(23)19-8-5-9-21(24(19)25)22-14-16(15-26)12-13-27-22/h3-14H,1-2H3. The molecule has 4 aromatic rings. The smallest absolute Gasteiger partial charge is 0.0992 e. The predicted octanol–water partition coefficient (Wildman–Crippen LogP) is 6.08. The van der Waals surface area contributed by atoms with Gasteiger partial charge in [0.05, 0.1) is 17.3 Å². The minimum atomic E-state index is -0.146. The van der Waals surface area contributed by atoms with Crippen LogP contribution in [0.15, 0.2) is 72.9 Å². The van der Waals surface area contributed by atoms with E-state index >= 15 is 0 Å². The molecule has 0 radical (unpaired) electrons. The topological polar surface area (TPSA) is 36.7 Å². The van der Waals surface area contributed by atoms with Crippen LogP contribution in [0.5, 0.6) is 0 Å². The lowest BCUT2D eigenvalue weighted by molar-refractivity contribution is 0.667. The number of hydrogen-bond acceptors (Lipinski definition) is 2. The van der Waals surface area contributed by atoms with Gasteiger partial charge < -0.3 is 0 Å². The summed E-state index contributed by atoms with van der Waals surface area (Å²) in [5.41, 5.74) is 7.68.